The van der Waals surface area contributed by atoms with Gasteiger partial charge >= 0.3 is 0 Å². The summed E-state index contributed by atoms with van der Waals surface area (Å²) in [5, 5.41) is 0. The van der Waals surface area contributed by atoms with E-state index in [-0.39, 0.29) is 0 Å². The van der Waals surface area contributed by atoms with Gasteiger partial charge in [-0.2, -0.15) is 4.98 Å². The minimum atomic E-state index is 0.368. The lowest BCUT2D eigenvalue weighted by Gasteiger charge is -2.35. The van der Waals surface area contributed by atoms with Crippen LogP contribution in [0, 0.1) is 5.41 Å². The minimum Gasteiger partial charge on any atom is -0.479 e. The third-order valence-electron chi connectivity index (χ3n) is 4.34. The molecule has 2 aromatic heterocycles. The zero-order valence-electron chi connectivity index (χ0n) is 12.3. The molecule has 0 aromatic carbocycles. The first-order valence-electron chi connectivity index (χ1n) is 7.04. The van der Waals surface area contributed by atoms with Crippen molar-refractivity contribution in [1.82, 2.24) is 19.5 Å². The van der Waals surface area contributed by atoms with E-state index in [1.165, 1.54) is 19.2 Å². The number of imidazole rings is 1. The zero-order chi connectivity index (χ0) is 14.3. The van der Waals surface area contributed by atoms with Crippen molar-refractivity contribution in [3.8, 4) is 5.88 Å². The number of ether oxygens (including phenoxy) is 1. The summed E-state index contributed by atoms with van der Waals surface area (Å²) < 4.78 is 7.28. The van der Waals surface area contributed by atoms with Crippen LogP contribution in [0.5, 0.6) is 5.88 Å². The maximum Gasteiger partial charge on any atom is 0.245 e. The number of fused-ring (bicyclic) bond motifs is 1. The first kappa shape index (κ1) is 13.1. The molecule has 1 fully saturated rings. The second-order valence-corrected chi connectivity index (χ2v) is 6.29. The number of nitrogens with zero attached hydrogens (tertiary/aromatic N) is 4. The van der Waals surface area contributed by atoms with E-state index >= 15 is 0 Å². The molecule has 6 nitrogen and oxygen atoms in total. The predicted octanol–water partition coefficient (Wildman–Crippen LogP) is 2.56. The van der Waals surface area contributed by atoms with E-state index in [9.17, 15) is 0 Å². The van der Waals surface area contributed by atoms with Crippen molar-refractivity contribution in [2.75, 3.05) is 12.8 Å². The van der Waals surface area contributed by atoms with Crippen LogP contribution in [0.4, 0.5) is 5.95 Å². The van der Waals surface area contributed by atoms with Crippen LogP contribution in [0.15, 0.2) is 6.33 Å². The molecule has 2 aromatic rings. The van der Waals surface area contributed by atoms with Crippen LogP contribution in [0.25, 0.3) is 11.2 Å². The Bertz CT molecular complexity index is 624. The summed E-state index contributed by atoms with van der Waals surface area (Å²) in [6, 6.07) is 0.368. The van der Waals surface area contributed by atoms with Crippen molar-refractivity contribution in [1.29, 1.82) is 0 Å². The van der Waals surface area contributed by atoms with Crippen LogP contribution in [0.2, 0.25) is 0 Å². The topological polar surface area (TPSA) is 78.8 Å². The van der Waals surface area contributed by atoms with Crippen LogP contribution < -0.4 is 10.5 Å². The SMILES string of the molecule is COc1ncnc2c1nc(N)n2C1CCC(C)(C)CC1. The Morgan fingerprint density at radius 2 is 2.00 bits per heavy atom. The minimum absolute atomic E-state index is 0.368. The van der Waals surface area contributed by atoms with E-state index in [1.807, 2.05) is 0 Å². The van der Waals surface area contributed by atoms with Gasteiger partial charge in [0.1, 0.15) is 6.33 Å². The Morgan fingerprint density at radius 1 is 1.30 bits per heavy atom. The summed E-state index contributed by atoms with van der Waals surface area (Å²) >= 11 is 0. The molecule has 108 valence electrons. The fourth-order valence-corrected chi connectivity index (χ4v) is 3.06. The van der Waals surface area contributed by atoms with Crippen molar-refractivity contribution in [3.05, 3.63) is 6.33 Å². The first-order chi connectivity index (χ1) is 9.52. The highest BCUT2D eigenvalue weighted by atomic mass is 16.5. The summed E-state index contributed by atoms with van der Waals surface area (Å²) in [5.41, 5.74) is 7.96. The first-order valence-corrected chi connectivity index (χ1v) is 7.04. The summed E-state index contributed by atoms with van der Waals surface area (Å²) in [5.74, 6) is 0.986. The van der Waals surface area contributed by atoms with Crippen molar-refractivity contribution >= 4 is 17.1 Å². The van der Waals surface area contributed by atoms with Gasteiger partial charge in [0.15, 0.2) is 11.2 Å². The fraction of sp³-hybridized carbons (Fsp3) is 0.643. The Labute approximate surface area is 118 Å². The van der Waals surface area contributed by atoms with Crippen molar-refractivity contribution in [2.24, 2.45) is 5.41 Å². The average Bonchev–Trinajstić information content (AvgIpc) is 2.75. The standard InChI is InChI=1S/C14H21N5O/c1-14(2)6-4-9(5-7-14)19-11-10(18-13(19)15)12(20-3)17-8-16-11/h8-9H,4-7H2,1-3H3,(H2,15,18). The lowest BCUT2D eigenvalue weighted by atomic mass is 9.75. The number of hydrogen-bond donors (Lipinski definition) is 1. The largest absolute Gasteiger partial charge is 0.479 e. The van der Waals surface area contributed by atoms with Crippen LogP contribution >= 0.6 is 0 Å². The number of methoxy groups -OCH3 is 1. The molecule has 1 aliphatic rings. The second kappa shape index (κ2) is 4.61. The fourth-order valence-electron chi connectivity index (χ4n) is 3.06. The lowest BCUT2D eigenvalue weighted by Crippen LogP contribution is -2.24. The van der Waals surface area contributed by atoms with Gasteiger partial charge < -0.3 is 10.5 Å². The molecule has 1 saturated carbocycles. The molecule has 0 saturated heterocycles. The lowest BCUT2D eigenvalue weighted by molar-refractivity contribution is 0.196. The number of rotatable bonds is 2. The van der Waals surface area contributed by atoms with Crippen LogP contribution in [-0.4, -0.2) is 26.6 Å². The second-order valence-electron chi connectivity index (χ2n) is 6.29. The van der Waals surface area contributed by atoms with Crippen LogP contribution in [0.3, 0.4) is 0 Å². The number of hydrogen-bond acceptors (Lipinski definition) is 5. The monoisotopic (exact) mass is 275 g/mol. The predicted molar refractivity (Wildman–Crippen MR) is 77.6 cm³/mol. The van der Waals surface area contributed by atoms with E-state index < -0.39 is 0 Å². The van der Waals surface area contributed by atoms with Gasteiger partial charge in [0, 0.05) is 6.04 Å². The van der Waals surface area contributed by atoms with Gasteiger partial charge in [-0.25, -0.2) is 9.97 Å². The molecule has 0 radical (unpaired) electrons. The molecule has 0 unspecified atom stereocenters. The number of aromatic nitrogens is 4. The number of nitrogens with two attached hydrogens (primary N) is 1. The third-order valence-corrected chi connectivity index (χ3v) is 4.34. The molecule has 0 aliphatic heterocycles. The molecule has 2 N–H and O–H groups in total. The highest BCUT2D eigenvalue weighted by molar-refractivity contribution is 5.79. The maximum atomic E-state index is 6.10. The van der Waals surface area contributed by atoms with E-state index in [0.717, 1.165) is 18.5 Å². The average molecular weight is 275 g/mol. The van der Waals surface area contributed by atoms with Gasteiger partial charge in [-0.15, -0.1) is 0 Å². The molecule has 6 heteroatoms. The van der Waals surface area contributed by atoms with E-state index in [2.05, 4.69) is 33.4 Å². The van der Waals surface area contributed by atoms with Gasteiger partial charge in [-0.05, 0) is 31.1 Å². The summed E-state index contributed by atoms with van der Waals surface area (Å²) in [6.45, 7) is 4.65. The van der Waals surface area contributed by atoms with Crippen molar-refractivity contribution < 1.29 is 4.74 Å². The Morgan fingerprint density at radius 3 is 2.65 bits per heavy atom. The zero-order valence-corrected chi connectivity index (χ0v) is 12.3. The maximum absolute atomic E-state index is 6.10. The Balaban J connectivity index is 2.02. The molecule has 0 amide bonds. The quantitative estimate of drug-likeness (QED) is 0.911. The highest BCUT2D eigenvalue weighted by Gasteiger charge is 2.30. The molecular formula is C14H21N5O. The Kier molecular flexibility index (Phi) is 3.03. The molecule has 3 rings (SSSR count). The molecule has 0 spiro atoms. The molecule has 0 atom stereocenters. The van der Waals surface area contributed by atoms with E-state index in [4.69, 9.17) is 10.5 Å². The van der Waals surface area contributed by atoms with Gasteiger partial charge in [-0.1, -0.05) is 13.8 Å². The van der Waals surface area contributed by atoms with E-state index in [1.54, 1.807) is 7.11 Å². The van der Waals surface area contributed by atoms with Gasteiger partial charge in [0.2, 0.25) is 11.8 Å². The molecule has 2 heterocycles. The van der Waals surface area contributed by atoms with Crippen LogP contribution in [-0.2, 0) is 0 Å². The molecule has 20 heavy (non-hydrogen) atoms. The number of anilines is 1. The summed E-state index contributed by atoms with van der Waals surface area (Å²) in [6.07, 6.45) is 6.10. The van der Waals surface area contributed by atoms with Crippen molar-refractivity contribution in [2.45, 2.75) is 45.6 Å². The highest BCUT2D eigenvalue weighted by Crippen LogP contribution is 2.42. The summed E-state index contributed by atoms with van der Waals surface area (Å²) in [4.78, 5) is 12.8. The Hall–Kier alpha value is -1.85. The van der Waals surface area contributed by atoms with Crippen molar-refractivity contribution in [3.63, 3.8) is 0 Å². The summed E-state index contributed by atoms with van der Waals surface area (Å²) in [7, 11) is 1.58. The van der Waals surface area contributed by atoms with Gasteiger partial charge in [0.05, 0.1) is 7.11 Å². The molecule has 0 bridgehead atoms. The normalized spacial score (nSPS) is 19.4. The van der Waals surface area contributed by atoms with Gasteiger partial charge in [0.25, 0.3) is 0 Å². The third kappa shape index (κ3) is 2.09. The van der Waals surface area contributed by atoms with E-state index in [0.29, 0.717) is 28.8 Å². The van der Waals surface area contributed by atoms with Crippen LogP contribution in [0.1, 0.15) is 45.6 Å². The smallest absolute Gasteiger partial charge is 0.245 e. The van der Waals surface area contributed by atoms with Gasteiger partial charge in [-0.3, -0.25) is 4.57 Å². The molecular weight excluding hydrogens is 254 g/mol. The molecule has 1 aliphatic carbocycles. The number of nitrogen functional groups attached to an aromatic ring is 1.